The van der Waals surface area contributed by atoms with Gasteiger partial charge in [0.05, 0.1) is 22.0 Å². The topological polar surface area (TPSA) is 146 Å². The summed E-state index contributed by atoms with van der Waals surface area (Å²) in [5.41, 5.74) is 21.6. The number of carboxylic acids is 2. The fraction of sp³-hybridized carbons (Fsp3) is 0.362. The monoisotopic (exact) mass is 1090 g/mol. The fourth-order valence-electron chi connectivity index (χ4n) is 14.1. The molecule has 0 saturated carbocycles. The van der Waals surface area contributed by atoms with E-state index in [0.29, 0.717) is 6.42 Å². The highest BCUT2D eigenvalue weighted by Gasteiger charge is 2.46. The molecule has 0 fully saturated rings. The lowest BCUT2D eigenvalue weighted by molar-refractivity contribution is -0.401. The summed E-state index contributed by atoms with van der Waals surface area (Å²) in [5, 5.41) is 38.7. The minimum atomic E-state index is -0.941. The Kier molecular flexibility index (Phi) is 15.0. The molecule has 6 aliphatic rings. The van der Waals surface area contributed by atoms with Gasteiger partial charge in [-0.1, -0.05) is 76.3 Å². The molecule has 0 spiro atoms. The first-order valence-electron chi connectivity index (χ1n) is 28.3. The van der Waals surface area contributed by atoms with Crippen molar-refractivity contribution < 1.29 is 49.2 Å². The zero-order chi connectivity index (χ0) is 58.1. The van der Waals surface area contributed by atoms with Crippen LogP contribution < -0.4 is 9.80 Å². The molecule has 10 rings (SSSR count). The van der Waals surface area contributed by atoms with Crippen molar-refractivity contribution in [2.24, 2.45) is 0 Å². The van der Waals surface area contributed by atoms with E-state index in [1.54, 1.807) is 12.1 Å². The molecule has 2 aliphatic carbocycles. The Labute approximate surface area is 477 Å². The quantitative estimate of drug-likeness (QED) is 0.0547. The summed E-state index contributed by atoms with van der Waals surface area (Å²) in [7, 11) is 8.41. The maximum Gasteiger partial charge on any atom is 0.335 e. The van der Waals surface area contributed by atoms with Crippen LogP contribution in [0.15, 0.2) is 166 Å². The van der Waals surface area contributed by atoms with Crippen LogP contribution in [-0.2, 0) is 44.6 Å². The minimum Gasteiger partial charge on any atom is -0.478 e. The van der Waals surface area contributed by atoms with Crippen LogP contribution in [0.3, 0.4) is 0 Å². The number of carbonyl (C=O) groups is 2. The van der Waals surface area contributed by atoms with Gasteiger partial charge in [0.15, 0.2) is 11.4 Å². The zero-order valence-corrected chi connectivity index (χ0v) is 49.1. The number of likely N-dealkylation sites (N-methyl/N-ethyl adjacent to an activating group) is 2. The van der Waals surface area contributed by atoms with Gasteiger partial charge in [0, 0.05) is 83.1 Å². The second-order valence-electron chi connectivity index (χ2n) is 24.9. The normalized spacial score (nSPS) is 21.8. The molecule has 420 valence electrons. The second kappa shape index (κ2) is 21.4. The lowest BCUT2D eigenvalue weighted by Crippen LogP contribution is -2.27. The molecule has 81 heavy (non-hydrogen) atoms. The third kappa shape index (κ3) is 9.94. The summed E-state index contributed by atoms with van der Waals surface area (Å²) in [6, 6.07) is 23.4. The molecule has 0 bridgehead atoms. The van der Waals surface area contributed by atoms with Crippen LogP contribution in [0.2, 0.25) is 0 Å². The molecule has 12 heteroatoms. The summed E-state index contributed by atoms with van der Waals surface area (Å²) >= 11 is 0. The zero-order valence-electron chi connectivity index (χ0n) is 49.1. The van der Waals surface area contributed by atoms with Gasteiger partial charge in [-0.3, -0.25) is 10.5 Å². The summed E-state index contributed by atoms with van der Waals surface area (Å²) in [4.78, 5) is 38.1. The molecule has 12 nitrogen and oxygen atoms in total. The van der Waals surface area contributed by atoms with Crippen LogP contribution in [0.25, 0.3) is 0 Å². The molecule has 4 aromatic carbocycles. The summed E-state index contributed by atoms with van der Waals surface area (Å²) in [6.45, 7) is 18.0. The van der Waals surface area contributed by atoms with E-state index in [1.165, 1.54) is 56.0 Å². The van der Waals surface area contributed by atoms with Crippen molar-refractivity contribution in [1.82, 2.24) is 0 Å². The van der Waals surface area contributed by atoms with Crippen molar-refractivity contribution in [3.05, 3.63) is 211 Å². The lowest BCUT2D eigenvalue weighted by atomic mass is 9.76. The molecular weight excluding hydrogens is 1010 g/mol. The van der Waals surface area contributed by atoms with E-state index in [4.69, 9.17) is 0 Å². The third-order valence-electron chi connectivity index (χ3n) is 18.7. The minimum absolute atomic E-state index is 0.113. The van der Waals surface area contributed by atoms with Gasteiger partial charge in [0.25, 0.3) is 0 Å². The van der Waals surface area contributed by atoms with E-state index < -0.39 is 22.8 Å². The average molecular weight is 1090 g/mol. The van der Waals surface area contributed by atoms with Crippen molar-refractivity contribution in [3.8, 4) is 0 Å². The number of rotatable bonds is 14. The Bertz CT molecular complexity index is 3420. The fourth-order valence-corrected chi connectivity index (χ4v) is 14.1. The van der Waals surface area contributed by atoms with Crippen LogP contribution in [0, 0.1) is 0 Å². The standard InChI is InChI=1S/C69H76N4O8/c1-66(2)52-35-42(40-80-78)19-27-56(52)70(9)60(66)31-23-44-15-13-17-46(25-33-62-68(5,6)54-37-48(64(74)75)21-29-58(54)72(62)11)50(44)39-51-45(24-32-61-67(3,4)53-36-43(41-81-79)20-28-57(53)71(61)10)16-14-18-47(51)26-34-63-69(7,8)55-38-49(65(76)77)22-30-59(55)73(63)12/h19-38H,13-18,39-41H2,1-12H3,(H2-2,74,75,76,77,78,79)/p+2. The van der Waals surface area contributed by atoms with Gasteiger partial charge in [0.2, 0.25) is 11.4 Å². The molecular formula is C69H78N4O8+2. The van der Waals surface area contributed by atoms with Gasteiger partial charge < -0.3 is 20.0 Å². The number of hydrogen-bond acceptors (Lipinski definition) is 8. The summed E-state index contributed by atoms with van der Waals surface area (Å²) in [6.07, 6.45) is 24.7. The van der Waals surface area contributed by atoms with Crippen LogP contribution in [0.5, 0.6) is 0 Å². The summed E-state index contributed by atoms with van der Waals surface area (Å²) in [5.74, 6) is -1.88. The Morgan fingerprint density at radius 3 is 1.28 bits per heavy atom. The predicted octanol–water partition coefficient (Wildman–Crippen LogP) is 14.7. The molecule has 0 amide bonds. The number of fused-ring (bicyclic) bond motifs is 4. The Morgan fingerprint density at radius 2 is 0.914 bits per heavy atom. The smallest absolute Gasteiger partial charge is 0.335 e. The highest BCUT2D eigenvalue weighted by atomic mass is 17.1. The maximum absolute atomic E-state index is 12.2. The number of nitrogens with zero attached hydrogens (tertiary/aromatic N) is 4. The molecule has 0 unspecified atom stereocenters. The van der Waals surface area contributed by atoms with Crippen molar-refractivity contribution >= 4 is 46.1 Å². The van der Waals surface area contributed by atoms with Gasteiger partial charge in [-0.2, -0.15) is 9.15 Å². The molecule has 0 atom stereocenters. The SMILES string of the molecule is CN1C(=CC=C2CCCC(C=CC3=[N+](C)c4ccc(C(=O)O)cc4C3(C)C)=C2CC2=C(/C=C/C3=[N+](C)c4ccc(C(=O)O)cc4C3(C)C)CCCC2=C/C=C2/N(C)c3ccc(COO)cc3C2(C)C)C(C)(C)c2cc(COO)ccc21. The van der Waals surface area contributed by atoms with E-state index in [9.17, 15) is 30.3 Å². The molecule has 4 aliphatic heterocycles. The molecule has 0 aromatic heterocycles. The van der Waals surface area contributed by atoms with Crippen LogP contribution >= 0.6 is 0 Å². The first kappa shape index (κ1) is 56.8. The third-order valence-corrected chi connectivity index (χ3v) is 18.7. The summed E-state index contributed by atoms with van der Waals surface area (Å²) < 4.78 is 4.41. The number of aromatic carboxylic acids is 2. The van der Waals surface area contributed by atoms with E-state index in [0.717, 1.165) is 95.0 Å². The molecule has 4 N–H and O–H groups in total. The number of carboxylic acid groups (broad SMARTS) is 2. The lowest BCUT2D eigenvalue weighted by Gasteiger charge is -2.28. The highest BCUT2D eigenvalue weighted by Crippen LogP contribution is 2.51. The van der Waals surface area contributed by atoms with Gasteiger partial charge >= 0.3 is 11.9 Å². The molecule has 4 heterocycles. The average Bonchev–Trinajstić information content (AvgIpc) is 3.95. The van der Waals surface area contributed by atoms with Crippen molar-refractivity contribution in [1.29, 1.82) is 0 Å². The number of allylic oxidation sites excluding steroid dienone is 16. The van der Waals surface area contributed by atoms with E-state index in [2.05, 4.69) is 185 Å². The Balaban J connectivity index is 1.14. The van der Waals surface area contributed by atoms with E-state index in [1.807, 2.05) is 36.4 Å². The highest BCUT2D eigenvalue weighted by molar-refractivity contribution is 6.05. The van der Waals surface area contributed by atoms with Crippen molar-refractivity contribution in [2.45, 2.75) is 135 Å². The first-order valence-corrected chi connectivity index (χ1v) is 28.3. The second-order valence-corrected chi connectivity index (χ2v) is 24.9. The van der Waals surface area contributed by atoms with Gasteiger partial charge in [-0.25, -0.2) is 19.4 Å². The van der Waals surface area contributed by atoms with E-state index >= 15 is 0 Å². The van der Waals surface area contributed by atoms with Crippen LogP contribution in [-0.4, -0.2) is 81.4 Å². The van der Waals surface area contributed by atoms with Crippen molar-refractivity contribution in [2.75, 3.05) is 38.0 Å². The number of benzene rings is 4. The molecule has 0 saturated heterocycles. The molecule has 0 radical (unpaired) electrons. The Hall–Kier alpha value is -7.48. The Morgan fingerprint density at radius 1 is 0.519 bits per heavy atom. The van der Waals surface area contributed by atoms with Crippen LogP contribution in [0.4, 0.5) is 22.7 Å². The van der Waals surface area contributed by atoms with Gasteiger partial charge in [-0.05, 0) is 177 Å². The van der Waals surface area contributed by atoms with Crippen molar-refractivity contribution in [3.63, 3.8) is 0 Å². The number of anilines is 2. The van der Waals surface area contributed by atoms with Gasteiger partial charge in [-0.15, -0.1) is 0 Å². The molecule has 4 aromatic rings. The first-order chi connectivity index (χ1) is 38.4. The largest absolute Gasteiger partial charge is 0.478 e. The predicted molar refractivity (Wildman–Crippen MR) is 322 cm³/mol. The van der Waals surface area contributed by atoms with Gasteiger partial charge in [0.1, 0.15) is 27.3 Å². The van der Waals surface area contributed by atoms with E-state index in [-0.39, 0.29) is 35.2 Å². The van der Waals surface area contributed by atoms with Crippen LogP contribution in [0.1, 0.15) is 154 Å². The maximum atomic E-state index is 12.2. The number of hydrogen-bond donors (Lipinski definition) is 4.